The van der Waals surface area contributed by atoms with Crippen LogP contribution in [-0.2, 0) is 16.4 Å². The molecule has 0 saturated carbocycles. The molecule has 4 aromatic rings. The molecule has 0 aliphatic heterocycles. The number of aryl methyl sites for hydroxylation is 3. The standard InChI is InChI=1S/C21H23N5O5S2/c1-13-14(2)32-18(22-13)10-12-33(27,28)25-21-24-23-20(17-9-6-11-31-17)26(21)19-15(29-3)7-5-8-16(19)30-4/h5-9,11H,10,12H2,1-4H3,(H,24,25). The third-order valence-corrected chi connectivity index (χ3v) is 7.30. The molecule has 0 saturated heterocycles. The van der Waals surface area contributed by atoms with Gasteiger partial charge in [-0.3, -0.25) is 9.29 Å². The van der Waals surface area contributed by atoms with Crippen LogP contribution in [0.15, 0.2) is 41.0 Å². The average molecular weight is 490 g/mol. The zero-order chi connectivity index (χ0) is 23.6. The van der Waals surface area contributed by atoms with Gasteiger partial charge in [-0.05, 0) is 38.1 Å². The highest BCUT2D eigenvalue weighted by molar-refractivity contribution is 7.92. The van der Waals surface area contributed by atoms with Gasteiger partial charge in [-0.1, -0.05) is 6.07 Å². The molecule has 0 atom stereocenters. The van der Waals surface area contributed by atoms with Gasteiger partial charge in [-0.15, -0.1) is 21.5 Å². The minimum absolute atomic E-state index is 0.0179. The van der Waals surface area contributed by atoms with Gasteiger partial charge in [0, 0.05) is 11.3 Å². The first-order valence-electron chi connectivity index (χ1n) is 9.97. The first-order valence-corrected chi connectivity index (χ1v) is 12.4. The molecule has 0 bridgehead atoms. The van der Waals surface area contributed by atoms with E-state index in [1.54, 1.807) is 30.3 Å². The summed E-state index contributed by atoms with van der Waals surface area (Å²) in [6.07, 6.45) is 1.78. The summed E-state index contributed by atoms with van der Waals surface area (Å²) >= 11 is 1.49. The van der Waals surface area contributed by atoms with Crippen LogP contribution >= 0.6 is 11.3 Å². The van der Waals surface area contributed by atoms with Crippen LogP contribution in [0, 0.1) is 13.8 Å². The molecule has 1 N–H and O–H groups in total. The molecular formula is C21H23N5O5S2. The van der Waals surface area contributed by atoms with Gasteiger partial charge in [0.25, 0.3) is 0 Å². The normalized spacial score (nSPS) is 11.5. The Morgan fingerprint density at radius 1 is 1.09 bits per heavy atom. The van der Waals surface area contributed by atoms with Gasteiger partial charge in [0.1, 0.15) is 17.2 Å². The summed E-state index contributed by atoms with van der Waals surface area (Å²) in [4.78, 5) is 5.49. The van der Waals surface area contributed by atoms with Gasteiger partial charge in [0.05, 0.1) is 36.9 Å². The number of nitrogens with one attached hydrogen (secondary N) is 1. The second-order valence-electron chi connectivity index (χ2n) is 7.09. The molecule has 4 rings (SSSR count). The maximum atomic E-state index is 13.0. The predicted molar refractivity (Wildman–Crippen MR) is 125 cm³/mol. The summed E-state index contributed by atoms with van der Waals surface area (Å²) in [5.74, 6) is 1.38. The van der Waals surface area contributed by atoms with E-state index >= 15 is 0 Å². The minimum atomic E-state index is -3.78. The zero-order valence-corrected chi connectivity index (χ0v) is 20.2. The third-order valence-electron chi connectivity index (χ3n) is 4.93. The Bertz CT molecular complexity index is 1320. The van der Waals surface area contributed by atoms with Crippen molar-refractivity contribution in [3.8, 4) is 28.8 Å². The van der Waals surface area contributed by atoms with Crippen LogP contribution in [0.5, 0.6) is 11.5 Å². The van der Waals surface area contributed by atoms with Crippen molar-refractivity contribution in [2.75, 3.05) is 24.7 Å². The molecule has 1 aromatic carbocycles. The Balaban J connectivity index is 1.74. The van der Waals surface area contributed by atoms with Gasteiger partial charge in [0.2, 0.25) is 21.8 Å². The number of sulfonamides is 1. The van der Waals surface area contributed by atoms with Crippen LogP contribution in [-0.4, -0.2) is 48.1 Å². The highest BCUT2D eigenvalue weighted by Crippen LogP contribution is 2.37. The van der Waals surface area contributed by atoms with E-state index in [2.05, 4.69) is 19.9 Å². The molecule has 0 radical (unpaired) electrons. The molecule has 174 valence electrons. The SMILES string of the molecule is COc1cccc(OC)c1-n1c(NS(=O)(=O)CCc2nc(C)c(C)s2)nnc1-c1ccco1. The lowest BCUT2D eigenvalue weighted by Gasteiger charge is -2.17. The lowest BCUT2D eigenvalue weighted by molar-refractivity contribution is 0.391. The van der Waals surface area contributed by atoms with Crippen LogP contribution in [0.3, 0.4) is 0 Å². The Morgan fingerprint density at radius 2 is 1.82 bits per heavy atom. The molecule has 10 nitrogen and oxygen atoms in total. The van der Waals surface area contributed by atoms with Gasteiger partial charge < -0.3 is 13.9 Å². The number of nitrogens with zero attached hydrogens (tertiary/aromatic N) is 4. The van der Waals surface area contributed by atoms with E-state index in [-0.39, 0.29) is 23.9 Å². The van der Waals surface area contributed by atoms with Crippen molar-refractivity contribution in [2.24, 2.45) is 0 Å². The number of hydrogen-bond donors (Lipinski definition) is 1. The highest BCUT2D eigenvalue weighted by Gasteiger charge is 2.26. The molecule has 0 amide bonds. The maximum Gasteiger partial charge on any atom is 0.243 e. The third kappa shape index (κ3) is 4.71. The van der Waals surface area contributed by atoms with Gasteiger partial charge in [-0.2, -0.15) is 0 Å². The molecule has 3 heterocycles. The number of anilines is 1. The summed E-state index contributed by atoms with van der Waals surface area (Å²) < 4.78 is 46.5. The first kappa shape index (κ1) is 22.8. The quantitative estimate of drug-likeness (QED) is 0.378. The Labute approximate surface area is 195 Å². The summed E-state index contributed by atoms with van der Waals surface area (Å²) in [5.41, 5.74) is 1.34. The largest absolute Gasteiger partial charge is 0.494 e. The number of ether oxygens (including phenoxy) is 2. The Morgan fingerprint density at radius 3 is 2.39 bits per heavy atom. The van der Waals surface area contributed by atoms with E-state index in [9.17, 15) is 8.42 Å². The van der Waals surface area contributed by atoms with E-state index < -0.39 is 10.0 Å². The number of methoxy groups -OCH3 is 2. The fourth-order valence-electron chi connectivity index (χ4n) is 3.24. The highest BCUT2D eigenvalue weighted by atomic mass is 32.2. The smallest absolute Gasteiger partial charge is 0.243 e. The van der Waals surface area contributed by atoms with Crippen molar-refractivity contribution >= 4 is 27.3 Å². The summed E-state index contributed by atoms with van der Waals surface area (Å²) in [5, 5.41) is 9.03. The topological polar surface area (TPSA) is 121 Å². The van der Waals surface area contributed by atoms with Crippen molar-refractivity contribution in [1.82, 2.24) is 19.7 Å². The van der Waals surface area contributed by atoms with Gasteiger partial charge in [-0.25, -0.2) is 13.4 Å². The molecular weight excluding hydrogens is 466 g/mol. The lowest BCUT2D eigenvalue weighted by Crippen LogP contribution is -2.21. The second-order valence-corrected chi connectivity index (χ2v) is 10.2. The van der Waals surface area contributed by atoms with Crippen LogP contribution in [0.1, 0.15) is 15.6 Å². The van der Waals surface area contributed by atoms with Gasteiger partial charge >= 0.3 is 0 Å². The van der Waals surface area contributed by atoms with Crippen LogP contribution < -0.4 is 14.2 Å². The van der Waals surface area contributed by atoms with E-state index in [4.69, 9.17) is 13.9 Å². The van der Waals surface area contributed by atoms with E-state index in [1.807, 2.05) is 13.8 Å². The van der Waals surface area contributed by atoms with Crippen molar-refractivity contribution < 1.29 is 22.3 Å². The zero-order valence-electron chi connectivity index (χ0n) is 18.5. The van der Waals surface area contributed by atoms with Crippen LogP contribution in [0.2, 0.25) is 0 Å². The molecule has 0 unspecified atom stereocenters. The number of rotatable bonds is 9. The van der Waals surface area contributed by atoms with E-state index in [1.165, 1.54) is 36.4 Å². The monoisotopic (exact) mass is 489 g/mol. The molecule has 0 aliphatic carbocycles. The average Bonchev–Trinajstić information content (AvgIpc) is 3.52. The number of furan rings is 1. The maximum absolute atomic E-state index is 13.0. The number of benzene rings is 1. The number of hydrogen-bond acceptors (Lipinski definition) is 9. The predicted octanol–water partition coefficient (Wildman–Crippen LogP) is 3.60. The molecule has 0 fully saturated rings. The summed E-state index contributed by atoms with van der Waals surface area (Å²) in [6.45, 7) is 3.86. The second kappa shape index (κ2) is 9.24. The minimum Gasteiger partial charge on any atom is -0.494 e. The summed E-state index contributed by atoms with van der Waals surface area (Å²) in [7, 11) is -0.759. The van der Waals surface area contributed by atoms with Crippen molar-refractivity contribution in [3.63, 3.8) is 0 Å². The number of aromatic nitrogens is 4. The molecule has 3 aromatic heterocycles. The van der Waals surface area contributed by atoms with Crippen molar-refractivity contribution in [2.45, 2.75) is 20.3 Å². The van der Waals surface area contributed by atoms with Crippen LogP contribution in [0.4, 0.5) is 5.95 Å². The van der Waals surface area contributed by atoms with Gasteiger partial charge in [0.15, 0.2) is 5.76 Å². The molecule has 0 spiro atoms. The summed E-state index contributed by atoms with van der Waals surface area (Å²) in [6, 6.07) is 8.63. The molecule has 33 heavy (non-hydrogen) atoms. The fraction of sp³-hybridized carbons (Fsp3) is 0.286. The number of para-hydroxylation sites is 1. The molecule has 12 heteroatoms. The first-order chi connectivity index (χ1) is 15.8. The molecule has 0 aliphatic rings. The lowest BCUT2D eigenvalue weighted by atomic mass is 10.2. The van der Waals surface area contributed by atoms with Crippen LogP contribution in [0.25, 0.3) is 17.3 Å². The van der Waals surface area contributed by atoms with E-state index in [0.717, 1.165) is 15.6 Å². The Hall–Kier alpha value is -3.38. The van der Waals surface area contributed by atoms with E-state index in [0.29, 0.717) is 22.9 Å². The van der Waals surface area contributed by atoms with Crippen molar-refractivity contribution in [3.05, 3.63) is 52.2 Å². The number of thiazole rings is 1. The Kier molecular flexibility index (Phi) is 6.38. The van der Waals surface area contributed by atoms with Crippen molar-refractivity contribution in [1.29, 1.82) is 0 Å². The fourth-order valence-corrected chi connectivity index (χ4v) is 5.27.